The minimum absolute atomic E-state index is 0.143. The molecular weight excluding hydrogens is 214 g/mol. The summed E-state index contributed by atoms with van der Waals surface area (Å²) in [6.45, 7) is 0. The van der Waals surface area contributed by atoms with Gasteiger partial charge in [-0.1, -0.05) is 12.1 Å². The van der Waals surface area contributed by atoms with E-state index in [0.29, 0.717) is 0 Å². The Bertz CT molecular complexity index is 426. The Morgan fingerprint density at radius 2 is 2.00 bits per heavy atom. The van der Waals surface area contributed by atoms with E-state index in [2.05, 4.69) is 0 Å². The van der Waals surface area contributed by atoms with E-state index in [9.17, 15) is 17.9 Å². The lowest BCUT2D eigenvalue weighted by Crippen LogP contribution is -2.43. The van der Waals surface area contributed by atoms with E-state index in [0.717, 1.165) is 0 Å². The summed E-state index contributed by atoms with van der Waals surface area (Å²) in [6, 6.07) is 5.75. The summed E-state index contributed by atoms with van der Waals surface area (Å²) >= 11 is -1.82. The Morgan fingerprint density at radius 3 is 2.62 bits per heavy atom. The fraction of sp³-hybridized carbons (Fsp3) is 0. The molecule has 0 fully saturated rings. The van der Waals surface area contributed by atoms with E-state index in [-0.39, 0.29) is 9.79 Å². The number of nitrogens with one attached hydrogen (secondary N) is 1. The Hall–Kier alpha value is -0.440. The summed E-state index contributed by atoms with van der Waals surface area (Å²) in [7, 11) is -5.04. The lowest BCUT2D eigenvalue weighted by molar-refractivity contribution is 0.386. The van der Waals surface area contributed by atoms with Crippen molar-refractivity contribution in [2.75, 3.05) is 0 Å². The van der Waals surface area contributed by atoms with Crippen molar-refractivity contribution in [3.8, 4) is 0 Å². The average Bonchev–Trinajstić information content (AvgIpc) is 2.20. The normalized spacial score (nSPS) is 31.6. The van der Waals surface area contributed by atoms with E-state index >= 15 is 0 Å². The van der Waals surface area contributed by atoms with Crippen molar-refractivity contribution in [1.82, 2.24) is 4.13 Å². The maximum atomic E-state index is 11.4. The van der Waals surface area contributed by atoms with Gasteiger partial charge in [0.15, 0.2) is 4.90 Å². The molecule has 2 rings (SSSR count). The van der Waals surface area contributed by atoms with Crippen LogP contribution in [0, 0.1) is 0 Å². The van der Waals surface area contributed by atoms with Crippen LogP contribution in [0.5, 0.6) is 0 Å². The van der Waals surface area contributed by atoms with E-state index in [1.807, 2.05) is 0 Å². The first-order valence-corrected chi connectivity index (χ1v) is 6.37. The number of hydrogen-bond acceptors (Lipinski definition) is 2. The average molecular weight is 221 g/mol. The Labute approximate surface area is 77.7 Å². The molecule has 1 unspecified atom stereocenters. The molecule has 0 saturated carbocycles. The van der Waals surface area contributed by atoms with Crippen molar-refractivity contribution in [3.63, 3.8) is 0 Å². The fourth-order valence-corrected chi connectivity index (χ4v) is 4.83. The lowest BCUT2D eigenvalue weighted by atomic mass is 10.4. The Morgan fingerprint density at radius 1 is 1.38 bits per heavy atom. The first kappa shape index (κ1) is 9.13. The topological polar surface area (TPSA) is 92.6 Å². The summed E-state index contributed by atoms with van der Waals surface area (Å²) in [4.78, 5) is -0.0673. The van der Waals surface area contributed by atoms with Crippen LogP contribution < -0.4 is 4.13 Å². The zero-order valence-electron chi connectivity index (χ0n) is 6.34. The highest BCUT2D eigenvalue weighted by atomic mass is 32.4. The zero-order valence-corrected chi connectivity index (χ0v) is 7.97. The predicted octanol–water partition coefficient (Wildman–Crippen LogP) is 0.352. The summed E-state index contributed by atoms with van der Waals surface area (Å²) < 4.78 is 43.0. The van der Waals surface area contributed by atoms with Gasteiger partial charge in [-0.3, -0.25) is 9.11 Å². The van der Waals surface area contributed by atoms with E-state index < -0.39 is 21.2 Å². The second kappa shape index (κ2) is 2.32. The first-order chi connectivity index (χ1) is 5.88. The predicted molar refractivity (Wildman–Crippen MR) is 47.7 cm³/mol. The fourth-order valence-electron chi connectivity index (χ4n) is 1.13. The van der Waals surface area contributed by atoms with Gasteiger partial charge < -0.3 is 4.55 Å². The van der Waals surface area contributed by atoms with Crippen LogP contribution in [0.2, 0.25) is 0 Å². The summed E-state index contributed by atoms with van der Waals surface area (Å²) in [5.41, 5.74) is 0. The van der Waals surface area contributed by atoms with E-state index in [1.54, 1.807) is 10.2 Å². The second-order valence-corrected chi connectivity index (χ2v) is 6.48. The molecule has 72 valence electrons. The summed E-state index contributed by atoms with van der Waals surface area (Å²) in [6.07, 6.45) is 0. The first-order valence-electron chi connectivity index (χ1n) is 3.34. The van der Waals surface area contributed by atoms with Crippen LogP contribution in [-0.2, 0) is 21.2 Å². The van der Waals surface area contributed by atoms with Gasteiger partial charge in [0.2, 0.25) is 9.81 Å². The van der Waals surface area contributed by atoms with Crippen molar-refractivity contribution in [3.05, 3.63) is 24.3 Å². The molecule has 13 heavy (non-hydrogen) atoms. The van der Waals surface area contributed by atoms with Gasteiger partial charge in [0.1, 0.15) is 4.90 Å². The molecule has 3 N–H and O–H groups in total. The molecule has 1 heterocycles. The van der Waals surface area contributed by atoms with Gasteiger partial charge in [0.25, 0.3) is 0 Å². The molecule has 0 amide bonds. The van der Waals surface area contributed by atoms with Crippen LogP contribution in [0.3, 0.4) is 0 Å². The van der Waals surface area contributed by atoms with Crippen molar-refractivity contribution in [2.45, 2.75) is 9.79 Å². The number of rotatable bonds is 0. The second-order valence-electron chi connectivity index (χ2n) is 2.66. The van der Waals surface area contributed by atoms with Crippen LogP contribution in [0.15, 0.2) is 34.1 Å². The van der Waals surface area contributed by atoms with E-state index in [4.69, 9.17) is 0 Å². The molecule has 1 aromatic carbocycles. The van der Waals surface area contributed by atoms with Gasteiger partial charge in [-0.15, -0.1) is 0 Å². The maximum Gasteiger partial charge on any atom is 0.208 e. The molecule has 0 bridgehead atoms. The van der Waals surface area contributed by atoms with Crippen molar-refractivity contribution in [2.24, 2.45) is 0 Å². The standard InChI is InChI=1S/C6H7NO4S2/c8-12-5-3-1-2-4-6(5)13(9,10,11)7-12/h1-4H,(H3,7,9,10,11). The third-order valence-electron chi connectivity index (χ3n) is 1.67. The highest BCUT2D eigenvalue weighted by molar-refractivity contribution is 8.18. The third-order valence-corrected chi connectivity index (χ3v) is 5.51. The maximum absolute atomic E-state index is 11.4. The van der Waals surface area contributed by atoms with Gasteiger partial charge >= 0.3 is 0 Å². The lowest BCUT2D eigenvalue weighted by Gasteiger charge is -2.21. The molecule has 1 aliphatic rings. The van der Waals surface area contributed by atoms with Crippen LogP contribution in [0.1, 0.15) is 0 Å². The molecule has 0 aliphatic carbocycles. The summed E-state index contributed by atoms with van der Waals surface area (Å²) in [5, 5.41) is 0. The quantitative estimate of drug-likeness (QED) is 0.551. The molecule has 0 spiro atoms. The minimum atomic E-state index is -5.04. The molecule has 0 radical (unpaired) electrons. The SMILES string of the molecule is O=S1(O)(O)N[S+]([O-])c2ccccc21. The van der Waals surface area contributed by atoms with Crippen LogP contribution in [-0.4, -0.2) is 17.9 Å². The van der Waals surface area contributed by atoms with Gasteiger partial charge in [-0.2, -0.15) is 0 Å². The number of fused-ring (bicyclic) bond motifs is 1. The molecule has 0 aromatic heterocycles. The van der Waals surface area contributed by atoms with Crippen molar-refractivity contribution >= 4 is 21.2 Å². The third kappa shape index (κ3) is 1.30. The monoisotopic (exact) mass is 221 g/mol. The van der Waals surface area contributed by atoms with Crippen molar-refractivity contribution < 1.29 is 17.9 Å². The largest absolute Gasteiger partial charge is 0.592 e. The molecule has 1 atom stereocenters. The Balaban J connectivity index is 2.75. The van der Waals surface area contributed by atoms with Crippen LogP contribution in [0.25, 0.3) is 0 Å². The van der Waals surface area contributed by atoms with Crippen molar-refractivity contribution in [1.29, 1.82) is 0 Å². The molecular formula is C6H7NO4S2. The van der Waals surface area contributed by atoms with Gasteiger partial charge in [-0.05, 0) is 16.3 Å². The molecule has 1 aliphatic heterocycles. The minimum Gasteiger partial charge on any atom is -0.592 e. The van der Waals surface area contributed by atoms with Gasteiger partial charge in [0, 0.05) is 0 Å². The van der Waals surface area contributed by atoms with Crippen LogP contribution in [0.4, 0.5) is 0 Å². The highest BCUT2D eigenvalue weighted by Crippen LogP contribution is 2.38. The van der Waals surface area contributed by atoms with Gasteiger partial charge in [-0.25, -0.2) is 4.21 Å². The number of hydrogen-bond donors (Lipinski definition) is 3. The highest BCUT2D eigenvalue weighted by Gasteiger charge is 2.49. The summed E-state index contributed by atoms with van der Waals surface area (Å²) in [5.74, 6) is 0. The Kier molecular flexibility index (Phi) is 1.63. The molecule has 5 nitrogen and oxygen atoms in total. The molecule has 0 saturated heterocycles. The van der Waals surface area contributed by atoms with E-state index in [1.165, 1.54) is 18.2 Å². The van der Waals surface area contributed by atoms with Crippen LogP contribution >= 0.6 is 0 Å². The smallest absolute Gasteiger partial charge is 0.208 e. The molecule has 7 heteroatoms. The zero-order chi connectivity index (χ0) is 9.71. The van der Waals surface area contributed by atoms with Gasteiger partial charge in [0.05, 0.1) is 11.4 Å². The number of benzene rings is 1. The molecule has 1 aromatic rings.